The van der Waals surface area contributed by atoms with Gasteiger partial charge in [-0.3, -0.25) is 20.8 Å². The van der Waals surface area contributed by atoms with Gasteiger partial charge in [-0.15, -0.1) is 0 Å². The van der Waals surface area contributed by atoms with E-state index in [9.17, 15) is 10.1 Å². The van der Waals surface area contributed by atoms with Crippen molar-refractivity contribution >= 4 is 26.3 Å². The molecule has 0 spiro atoms. The van der Waals surface area contributed by atoms with E-state index in [0.29, 0.717) is 3.72 Å². The Kier molecular flexibility index (Phi) is 5.06. The maximum absolute atomic E-state index is 10.8. The average molecular weight is 377 g/mol. The van der Waals surface area contributed by atoms with Crippen LogP contribution in [0.15, 0.2) is 23.9 Å². The number of hydrogen-bond donors (Lipinski definition) is 2. The first-order chi connectivity index (χ1) is 9.08. The third-order valence-electron chi connectivity index (χ3n) is 3.27. The number of nitro groups is 1. The highest BCUT2D eigenvalue weighted by Gasteiger charge is 2.29. The van der Waals surface area contributed by atoms with Gasteiger partial charge in [0.2, 0.25) is 0 Å². The smallest absolute Gasteiger partial charge is 0.266 e. The zero-order valence-electron chi connectivity index (χ0n) is 10.3. The number of halogens is 1. The van der Waals surface area contributed by atoms with Crippen molar-refractivity contribution in [3.05, 3.63) is 34.0 Å². The molecule has 6 nitrogen and oxygen atoms in total. The fraction of sp³-hybridized carbons (Fsp3) is 0.583. The predicted octanol–water partition coefficient (Wildman–Crippen LogP) is 2.23. The van der Waals surface area contributed by atoms with Crippen molar-refractivity contribution in [2.75, 3.05) is 6.61 Å². The molecule has 0 aromatic carbocycles. The van der Waals surface area contributed by atoms with Crippen LogP contribution in [0.25, 0.3) is 0 Å². The standard InChI is InChI=1S/C12H16IN3O3/c13-12(14)9-5-4-8(16(17)18)7-10(9)15-11-3-1-2-6-19-11/h4-5,7,9-11,14-15H,1-3,6H2. The number of nitrogens with one attached hydrogen (secondary N) is 2. The van der Waals surface area contributed by atoms with Gasteiger partial charge in [-0.1, -0.05) is 6.08 Å². The molecule has 0 amide bonds. The number of nitrogens with zero attached hydrogens (tertiary/aromatic N) is 1. The Labute approximate surface area is 125 Å². The zero-order valence-corrected chi connectivity index (χ0v) is 12.5. The molecule has 1 aliphatic heterocycles. The van der Waals surface area contributed by atoms with Gasteiger partial charge in [0.05, 0.1) is 8.64 Å². The molecule has 0 aromatic rings. The Balaban J connectivity index is 2.09. The second kappa shape index (κ2) is 6.58. The van der Waals surface area contributed by atoms with Crippen molar-refractivity contribution in [2.45, 2.75) is 31.5 Å². The Morgan fingerprint density at radius 2 is 2.37 bits per heavy atom. The van der Waals surface area contributed by atoms with Gasteiger partial charge in [0.15, 0.2) is 0 Å². The van der Waals surface area contributed by atoms with Gasteiger partial charge >= 0.3 is 0 Å². The van der Waals surface area contributed by atoms with Crippen LogP contribution < -0.4 is 5.32 Å². The average Bonchev–Trinajstić information content (AvgIpc) is 2.39. The van der Waals surface area contributed by atoms with E-state index in [-0.39, 0.29) is 23.9 Å². The Hall–Kier alpha value is -0.800. The van der Waals surface area contributed by atoms with Gasteiger partial charge in [-0.05, 0) is 41.9 Å². The Morgan fingerprint density at radius 3 is 2.95 bits per heavy atom. The molecule has 0 bridgehead atoms. The molecule has 2 N–H and O–H groups in total. The summed E-state index contributed by atoms with van der Waals surface area (Å²) in [6.07, 6.45) is 7.75. The zero-order chi connectivity index (χ0) is 13.8. The first-order valence-corrected chi connectivity index (χ1v) is 7.32. The summed E-state index contributed by atoms with van der Waals surface area (Å²) in [6, 6.07) is -0.252. The Bertz CT molecular complexity index is 430. The molecule has 0 saturated carbocycles. The third-order valence-corrected chi connectivity index (χ3v) is 3.99. The Morgan fingerprint density at radius 1 is 1.58 bits per heavy atom. The summed E-state index contributed by atoms with van der Waals surface area (Å²) in [5, 5.41) is 21.9. The summed E-state index contributed by atoms with van der Waals surface area (Å²) in [7, 11) is 0. The normalized spacial score (nSPS) is 30.8. The molecule has 7 heteroatoms. The summed E-state index contributed by atoms with van der Waals surface area (Å²) in [4.78, 5) is 10.4. The van der Waals surface area contributed by atoms with Crippen LogP contribution in [-0.2, 0) is 4.74 Å². The van der Waals surface area contributed by atoms with Crippen LogP contribution in [0.3, 0.4) is 0 Å². The van der Waals surface area contributed by atoms with Crippen molar-refractivity contribution in [3.63, 3.8) is 0 Å². The molecule has 1 aliphatic carbocycles. The van der Waals surface area contributed by atoms with Crippen LogP contribution in [0.5, 0.6) is 0 Å². The van der Waals surface area contributed by atoms with E-state index in [1.165, 1.54) is 6.08 Å². The van der Waals surface area contributed by atoms with Crippen LogP contribution in [0.1, 0.15) is 19.3 Å². The van der Waals surface area contributed by atoms with Crippen LogP contribution in [0.4, 0.5) is 0 Å². The van der Waals surface area contributed by atoms with Gasteiger partial charge in [-0.25, -0.2) is 0 Å². The SMILES string of the molecule is N=C(I)C1C=CC([N+](=O)[O-])=CC1NC1CCCCO1. The first-order valence-electron chi connectivity index (χ1n) is 6.24. The lowest BCUT2D eigenvalue weighted by atomic mass is 9.94. The minimum atomic E-state index is -0.403. The van der Waals surface area contributed by atoms with Gasteiger partial charge in [-0.2, -0.15) is 0 Å². The fourth-order valence-electron chi connectivity index (χ4n) is 2.27. The molecule has 3 unspecified atom stereocenters. The van der Waals surface area contributed by atoms with Crippen molar-refractivity contribution in [1.82, 2.24) is 5.32 Å². The van der Waals surface area contributed by atoms with E-state index in [2.05, 4.69) is 5.32 Å². The van der Waals surface area contributed by atoms with Crippen LogP contribution in [0.2, 0.25) is 0 Å². The van der Waals surface area contributed by atoms with E-state index in [1.807, 2.05) is 22.6 Å². The highest BCUT2D eigenvalue weighted by Crippen LogP contribution is 2.23. The molecule has 2 rings (SSSR count). The minimum absolute atomic E-state index is 0.0715. The molecule has 1 fully saturated rings. The molecule has 0 radical (unpaired) electrons. The minimum Gasteiger partial charge on any atom is -0.363 e. The fourth-order valence-corrected chi connectivity index (χ4v) is 2.86. The second-order valence-corrected chi connectivity index (χ2v) is 5.79. The van der Waals surface area contributed by atoms with E-state index in [1.54, 1.807) is 12.2 Å². The number of hydrogen-bond acceptors (Lipinski definition) is 5. The summed E-state index contributed by atoms with van der Waals surface area (Å²) < 4.78 is 6.06. The van der Waals surface area contributed by atoms with Crippen LogP contribution in [-0.4, -0.2) is 27.5 Å². The summed E-state index contributed by atoms with van der Waals surface area (Å²) >= 11 is 1.95. The van der Waals surface area contributed by atoms with Crippen molar-refractivity contribution in [1.29, 1.82) is 5.41 Å². The first kappa shape index (κ1) is 14.6. The number of ether oxygens (including phenoxy) is 1. The number of allylic oxidation sites excluding steroid dienone is 1. The molecule has 1 saturated heterocycles. The quantitative estimate of drug-likeness (QED) is 0.340. The summed E-state index contributed by atoms with van der Waals surface area (Å²) in [5.41, 5.74) is 0.0715. The van der Waals surface area contributed by atoms with E-state index >= 15 is 0 Å². The molecule has 3 atom stereocenters. The van der Waals surface area contributed by atoms with Crippen molar-refractivity contribution in [3.8, 4) is 0 Å². The monoisotopic (exact) mass is 377 g/mol. The molecule has 19 heavy (non-hydrogen) atoms. The van der Waals surface area contributed by atoms with Crippen LogP contribution >= 0.6 is 22.6 Å². The molecule has 104 valence electrons. The molecular weight excluding hydrogens is 361 g/mol. The summed E-state index contributed by atoms with van der Waals surface area (Å²) in [5.74, 6) is -0.158. The number of rotatable bonds is 4. The van der Waals surface area contributed by atoms with Gasteiger partial charge in [0.1, 0.15) is 6.23 Å². The highest BCUT2D eigenvalue weighted by molar-refractivity contribution is 14.1. The van der Waals surface area contributed by atoms with E-state index in [4.69, 9.17) is 10.1 Å². The van der Waals surface area contributed by atoms with Crippen LogP contribution in [0, 0.1) is 21.4 Å². The van der Waals surface area contributed by atoms with Gasteiger partial charge in [0.25, 0.3) is 5.70 Å². The van der Waals surface area contributed by atoms with Crippen molar-refractivity contribution in [2.24, 2.45) is 5.92 Å². The maximum atomic E-state index is 10.8. The lowest BCUT2D eigenvalue weighted by Crippen LogP contribution is -2.46. The van der Waals surface area contributed by atoms with E-state index in [0.717, 1.165) is 25.9 Å². The maximum Gasteiger partial charge on any atom is 0.266 e. The second-order valence-electron chi connectivity index (χ2n) is 4.63. The van der Waals surface area contributed by atoms with Gasteiger partial charge in [0, 0.05) is 30.7 Å². The lowest BCUT2D eigenvalue weighted by molar-refractivity contribution is -0.419. The summed E-state index contributed by atoms with van der Waals surface area (Å²) in [6.45, 7) is 0.721. The third kappa shape index (κ3) is 3.83. The topological polar surface area (TPSA) is 88.2 Å². The van der Waals surface area contributed by atoms with Crippen molar-refractivity contribution < 1.29 is 9.66 Å². The molecule has 1 heterocycles. The van der Waals surface area contributed by atoms with Gasteiger partial charge < -0.3 is 4.74 Å². The molecule has 2 aliphatic rings. The highest BCUT2D eigenvalue weighted by atomic mass is 127. The molecular formula is C12H16IN3O3. The molecule has 0 aromatic heterocycles. The lowest BCUT2D eigenvalue weighted by Gasteiger charge is -2.31. The largest absolute Gasteiger partial charge is 0.363 e. The van der Waals surface area contributed by atoms with E-state index < -0.39 is 4.92 Å². The predicted molar refractivity (Wildman–Crippen MR) is 80.0 cm³/mol.